The smallest absolute Gasteiger partial charge is 0.160 e. The second-order valence-corrected chi connectivity index (χ2v) is 5.20. The van der Waals surface area contributed by atoms with E-state index in [1.807, 2.05) is 12.1 Å². The molecule has 1 heterocycles. The van der Waals surface area contributed by atoms with Crippen LogP contribution in [0, 0.1) is 0 Å². The van der Waals surface area contributed by atoms with E-state index in [0.717, 1.165) is 24.1 Å². The Balaban J connectivity index is 2.43. The second kappa shape index (κ2) is 4.76. The van der Waals surface area contributed by atoms with Gasteiger partial charge in [0, 0.05) is 11.2 Å². The Kier molecular flexibility index (Phi) is 3.36. The maximum absolute atomic E-state index is 11.0. The number of fused-ring (bicyclic) bond motifs is 1. The maximum Gasteiger partial charge on any atom is 0.160 e. The topological polar surface area (TPSA) is 20.3 Å². The molecule has 1 aromatic heterocycles. The Morgan fingerprint density at radius 1 is 1.31 bits per heavy atom. The molecule has 16 heavy (non-hydrogen) atoms. The summed E-state index contributed by atoms with van der Waals surface area (Å²) in [4.78, 5) is 14.1. The highest BCUT2D eigenvalue weighted by atomic mass is 32.1. The zero-order valence-corrected chi connectivity index (χ0v) is 10.4. The lowest BCUT2D eigenvalue weighted by Gasteiger charge is -2.08. The van der Waals surface area contributed by atoms with Crippen LogP contribution >= 0.6 is 11.3 Å². The maximum atomic E-state index is 11.0. The first kappa shape index (κ1) is 11.3. The van der Waals surface area contributed by atoms with Crippen molar-refractivity contribution in [3.63, 3.8) is 0 Å². The summed E-state index contributed by atoms with van der Waals surface area (Å²) < 4.78 is 1.21. The predicted octanol–water partition coefficient (Wildman–Crippen LogP) is 2.82. The van der Waals surface area contributed by atoms with E-state index in [1.165, 1.54) is 15.6 Å². The van der Waals surface area contributed by atoms with Crippen LogP contribution in [0.5, 0.6) is 0 Å². The average Bonchev–Trinajstić information content (AvgIpc) is 2.64. The molecule has 0 radical (unpaired) electrons. The van der Waals surface area contributed by atoms with Gasteiger partial charge in [-0.05, 0) is 37.5 Å². The summed E-state index contributed by atoms with van der Waals surface area (Å²) in [6.07, 6.45) is 1.92. The van der Waals surface area contributed by atoms with E-state index in [9.17, 15) is 4.79 Å². The summed E-state index contributed by atoms with van der Waals surface area (Å²) in [6.45, 7) is 0.974. The molecule has 0 aliphatic heterocycles. The number of carbonyl (C=O) groups excluding carboxylic acids is 1. The van der Waals surface area contributed by atoms with Crippen molar-refractivity contribution < 1.29 is 4.79 Å². The molecule has 2 rings (SSSR count). The van der Waals surface area contributed by atoms with Crippen LogP contribution in [0.15, 0.2) is 24.3 Å². The molecule has 0 saturated heterocycles. The van der Waals surface area contributed by atoms with Gasteiger partial charge in [0.25, 0.3) is 0 Å². The van der Waals surface area contributed by atoms with Gasteiger partial charge in [-0.2, -0.15) is 0 Å². The molecule has 0 amide bonds. The van der Waals surface area contributed by atoms with E-state index in [0.29, 0.717) is 0 Å². The van der Waals surface area contributed by atoms with Gasteiger partial charge in [0.05, 0.1) is 4.88 Å². The Morgan fingerprint density at radius 3 is 2.75 bits per heavy atom. The molecule has 0 aliphatic carbocycles. The number of hydrogen-bond donors (Lipinski definition) is 0. The van der Waals surface area contributed by atoms with Gasteiger partial charge in [-0.15, -0.1) is 11.3 Å². The van der Waals surface area contributed by atoms with Crippen molar-refractivity contribution in [2.24, 2.45) is 0 Å². The number of benzene rings is 1. The van der Waals surface area contributed by atoms with E-state index < -0.39 is 0 Å². The predicted molar refractivity (Wildman–Crippen MR) is 69.5 cm³/mol. The zero-order valence-electron chi connectivity index (χ0n) is 9.56. The highest BCUT2D eigenvalue weighted by Crippen LogP contribution is 2.30. The zero-order chi connectivity index (χ0) is 11.5. The number of hydrogen-bond acceptors (Lipinski definition) is 3. The lowest BCUT2D eigenvalue weighted by Crippen LogP contribution is -2.15. The van der Waals surface area contributed by atoms with Crippen molar-refractivity contribution in [2.45, 2.75) is 6.42 Å². The molecule has 2 nitrogen and oxygen atoms in total. The minimum Gasteiger partial charge on any atom is -0.309 e. The fraction of sp³-hybridized carbons (Fsp3) is 0.308. The summed E-state index contributed by atoms with van der Waals surface area (Å²) in [7, 11) is 4.10. The first-order valence-electron chi connectivity index (χ1n) is 5.32. The average molecular weight is 233 g/mol. The molecule has 84 valence electrons. The SMILES string of the molecule is CN(C)CCc1c(C=O)sc2ccccc12. The van der Waals surface area contributed by atoms with Crippen molar-refractivity contribution in [1.29, 1.82) is 0 Å². The number of carbonyl (C=O) groups is 1. The van der Waals surface area contributed by atoms with Crippen LogP contribution < -0.4 is 0 Å². The third-order valence-corrected chi connectivity index (χ3v) is 3.78. The normalized spacial score (nSPS) is 11.2. The molecule has 1 aromatic carbocycles. The van der Waals surface area contributed by atoms with Gasteiger partial charge in [0.1, 0.15) is 0 Å². The molecule has 0 atom stereocenters. The van der Waals surface area contributed by atoms with Crippen LogP contribution in [0.3, 0.4) is 0 Å². The Hall–Kier alpha value is -1.19. The second-order valence-electron chi connectivity index (χ2n) is 4.11. The fourth-order valence-electron chi connectivity index (χ4n) is 1.81. The van der Waals surface area contributed by atoms with Gasteiger partial charge >= 0.3 is 0 Å². The molecule has 0 aliphatic rings. The molecular weight excluding hydrogens is 218 g/mol. The lowest BCUT2D eigenvalue weighted by molar-refractivity contribution is 0.112. The minimum absolute atomic E-state index is 0.878. The van der Waals surface area contributed by atoms with Gasteiger partial charge in [-0.3, -0.25) is 4.79 Å². The van der Waals surface area contributed by atoms with Crippen LogP contribution in [0.25, 0.3) is 10.1 Å². The van der Waals surface area contributed by atoms with Crippen molar-refractivity contribution in [3.05, 3.63) is 34.7 Å². The summed E-state index contributed by atoms with van der Waals surface area (Å²) in [5.74, 6) is 0. The molecule has 0 spiro atoms. The molecule has 0 N–H and O–H groups in total. The number of nitrogens with zero attached hydrogens (tertiary/aromatic N) is 1. The number of rotatable bonds is 4. The van der Waals surface area contributed by atoms with E-state index in [4.69, 9.17) is 0 Å². The quantitative estimate of drug-likeness (QED) is 0.757. The Morgan fingerprint density at radius 2 is 2.06 bits per heavy atom. The van der Waals surface area contributed by atoms with Gasteiger partial charge in [-0.1, -0.05) is 18.2 Å². The molecule has 0 fully saturated rings. The van der Waals surface area contributed by atoms with Crippen LogP contribution in [-0.4, -0.2) is 31.8 Å². The van der Waals surface area contributed by atoms with Crippen molar-refractivity contribution in [3.8, 4) is 0 Å². The van der Waals surface area contributed by atoms with Crippen molar-refractivity contribution in [1.82, 2.24) is 4.90 Å². The Labute approximate surface area is 99.5 Å². The highest BCUT2D eigenvalue weighted by Gasteiger charge is 2.10. The first-order valence-corrected chi connectivity index (χ1v) is 6.14. The number of thiophene rings is 1. The fourth-order valence-corrected chi connectivity index (χ4v) is 2.87. The monoisotopic (exact) mass is 233 g/mol. The molecule has 0 saturated carbocycles. The van der Waals surface area contributed by atoms with Gasteiger partial charge in [0.15, 0.2) is 6.29 Å². The van der Waals surface area contributed by atoms with Crippen LogP contribution in [0.2, 0.25) is 0 Å². The number of aldehydes is 1. The van der Waals surface area contributed by atoms with Crippen LogP contribution in [0.1, 0.15) is 15.2 Å². The van der Waals surface area contributed by atoms with Crippen LogP contribution in [0.4, 0.5) is 0 Å². The van der Waals surface area contributed by atoms with E-state index in [2.05, 4.69) is 31.1 Å². The van der Waals surface area contributed by atoms with Gasteiger partial charge in [0.2, 0.25) is 0 Å². The summed E-state index contributed by atoms with van der Waals surface area (Å²) in [6, 6.07) is 8.22. The highest BCUT2D eigenvalue weighted by molar-refractivity contribution is 7.20. The van der Waals surface area contributed by atoms with Gasteiger partial charge in [-0.25, -0.2) is 0 Å². The van der Waals surface area contributed by atoms with Gasteiger partial charge < -0.3 is 4.90 Å². The number of likely N-dealkylation sites (N-methyl/N-ethyl adjacent to an activating group) is 1. The molecule has 3 heteroatoms. The van der Waals surface area contributed by atoms with Crippen molar-refractivity contribution in [2.75, 3.05) is 20.6 Å². The molecule has 2 aromatic rings. The third kappa shape index (κ3) is 2.15. The van der Waals surface area contributed by atoms with E-state index >= 15 is 0 Å². The van der Waals surface area contributed by atoms with E-state index in [1.54, 1.807) is 11.3 Å². The van der Waals surface area contributed by atoms with Crippen molar-refractivity contribution >= 4 is 27.7 Å². The lowest BCUT2D eigenvalue weighted by atomic mass is 10.1. The summed E-state index contributed by atoms with van der Waals surface area (Å²) in [5, 5.41) is 1.23. The molecule has 0 unspecified atom stereocenters. The molecular formula is C13H15NOS. The summed E-state index contributed by atoms with van der Waals surface area (Å²) >= 11 is 1.59. The molecule has 0 bridgehead atoms. The minimum atomic E-state index is 0.878. The van der Waals surface area contributed by atoms with Crippen LogP contribution in [-0.2, 0) is 6.42 Å². The first-order chi connectivity index (χ1) is 7.72. The van der Waals surface area contributed by atoms with E-state index in [-0.39, 0.29) is 0 Å². The largest absolute Gasteiger partial charge is 0.309 e. The Bertz CT molecular complexity index is 502. The standard InChI is InChI=1S/C13H15NOS/c1-14(2)8-7-11-10-5-3-4-6-12(10)16-13(11)9-15/h3-6,9H,7-8H2,1-2H3. The third-order valence-electron chi connectivity index (χ3n) is 2.65. The summed E-state index contributed by atoms with van der Waals surface area (Å²) in [5.41, 5.74) is 1.20.